The number of rotatable bonds is 6. The van der Waals surface area contributed by atoms with Gasteiger partial charge in [0.1, 0.15) is 6.10 Å². The van der Waals surface area contributed by atoms with Crippen LogP contribution in [0, 0.1) is 13.8 Å². The van der Waals surface area contributed by atoms with E-state index in [1.54, 1.807) is 0 Å². The van der Waals surface area contributed by atoms with Crippen LogP contribution in [0.3, 0.4) is 0 Å². The second-order valence-electron chi connectivity index (χ2n) is 5.71. The standard InChI is InChI=1S/C16H27N3O2/c1-5-6-17-9-11(2)15-12(3)18-16(19-13(15)4)14-10-20-7-8-21-14/h11,14,17H,5-10H2,1-4H3. The molecule has 2 atom stereocenters. The van der Waals surface area contributed by atoms with E-state index in [0.717, 1.165) is 36.7 Å². The van der Waals surface area contributed by atoms with Crippen molar-refractivity contribution in [2.45, 2.75) is 46.1 Å². The Hall–Kier alpha value is -1.04. The fourth-order valence-corrected chi connectivity index (χ4v) is 2.84. The Bertz CT molecular complexity index is 436. The molecule has 0 aliphatic carbocycles. The van der Waals surface area contributed by atoms with Gasteiger partial charge in [-0.1, -0.05) is 13.8 Å². The predicted octanol–water partition coefficient (Wildman–Crippen LogP) is 2.28. The van der Waals surface area contributed by atoms with E-state index in [1.165, 1.54) is 5.56 Å². The molecule has 1 saturated heterocycles. The molecule has 0 bridgehead atoms. The Morgan fingerprint density at radius 2 is 1.95 bits per heavy atom. The first-order chi connectivity index (χ1) is 10.1. The molecule has 2 rings (SSSR count). The second-order valence-corrected chi connectivity index (χ2v) is 5.71. The van der Waals surface area contributed by atoms with Crippen LogP contribution in [-0.2, 0) is 9.47 Å². The number of nitrogens with zero attached hydrogens (tertiary/aromatic N) is 2. The van der Waals surface area contributed by atoms with Crippen LogP contribution in [0.2, 0.25) is 0 Å². The average molecular weight is 293 g/mol. The van der Waals surface area contributed by atoms with Crippen molar-refractivity contribution in [2.24, 2.45) is 0 Å². The van der Waals surface area contributed by atoms with E-state index in [4.69, 9.17) is 9.47 Å². The summed E-state index contributed by atoms with van der Waals surface area (Å²) in [4.78, 5) is 9.33. The van der Waals surface area contributed by atoms with Crippen LogP contribution in [0.5, 0.6) is 0 Å². The molecule has 1 aliphatic heterocycles. The molecule has 2 unspecified atom stereocenters. The van der Waals surface area contributed by atoms with Crippen molar-refractivity contribution in [3.05, 3.63) is 22.8 Å². The fraction of sp³-hybridized carbons (Fsp3) is 0.750. The number of nitrogens with one attached hydrogen (secondary N) is 1. The van der Waals surface area contributed by atoms with Crippen LogP contribution in [-0.4, -0.2) is 42.9 Å². The van der Waals surface area contributed by atoms with Crippen LogP contribution in [0.4, 0.5) is 0 Å². The van der Waals surface area contributed by atoms with Gasteiger partial charge >= 0.3 is 0 Å². The Kier molecular flexibility index (Phi) is 6.08. The second kappa shape index (κ2) is 7.82. The SMILES string of the molecule is CCCNCC(C)c1c(C)nc(C2COCCO2)nc1C. The molecule has 5 heteroatoms. The zero-order chi connectivity index (χ0) is 15.2. The molecule has 0 saturated carbocycles. The maximum Gasteiger partial charge on any atom is 0.160 e. The van der Waals surface area contributed by atoms with Crippen LogP contribution in [0.15, 0.2) is 0 Å². The zero-order valence-corrected chi connectivity index (χ0v) is 13.6. The van der Waals surface area contributed by atoms with Crippen LogP contribution in [0.25, 0.3) is 0 Å². The van der Waals surface area contributed by atoms with Crippen LogP contribution >= 0.6 is 0 Å². The summed E-state index contributed by atoms with van der Waals surface area (Å²) in [5.74, 6) is 1.16. The van der Waals surface area contributed by atoms with E-state index in [0.29, 0.717) is 25.7 Å². The Morgan fingerprint density at radius 3 is 2.52 bits per heavy atom. The van der Waals surface area contributed by atoms with Gasteiger partial charge in [-0.25, -0.2) is 9.97 Å². The highest BCUT2D eigenvalue weighted by Gasteiger charge is 2.22. The lowest BCUT2D eigenvalue weighted by atomic mass is 9.97. The van der Waals surface area contributed by atoms with Crippen LogP contribution < -0.4 is 5.32 Å². The molecule has 0 aromatic carbocycles. The Labute approximate surface area is 127 Å². The lowest BCUT2D eigenvalue weighted by Crippen LogP contribution is -2.26. The van der Waals surface area contributed by atoms with Gasteiger partial charge in [0.05, 0.1) is 19.8 Å². The molecule has 0 radical (unpaired) electrons. The monoisotopic (exact) mass is 293 g/mol. The predicted molar refractivity (Wildman–Crippen MR) is 82.6 cm³/mol. The maximum atomic E-state index is 5.69. The summed E-state index contributed by atoms with van der Waals surface area (Å²) < 4.78 is 11.1. The average Bonchev–Trinajstić information content (AvgIpc) is 2.47. The first-order valence-electron chi connectivity index (χ1n) is 7.88. The summed E-state index contributed by atoms with van der Waals surface area (Å²) in [5, 5.41) is 3.47. The topological polar surface area (TPSA) is 56.3 Å². The summed E-state index contributed by atoms with van der Waals surface area (Å²) >= 11 is 0. The first-order valence-corrected chi connectivity index (χ1v) is 7.88. The van der Waals surface area contributed by atoms with Crippen molar-refractivity contribution in [3.8, 4) is 0 Å². The van der Waals surface area contributed by atoms with Crippen LogP contribution in [0.1, 0.15) is 55.1 Å². The van der Waals surface area contributed by atoms with E-state index < -0.39 is 0 Å². The zero-order valence-electron chi connectivity index (χ0n) is 13.6. The Morgan fingerprint density at radius 1 is 1.24 bits per heavy atom. The van der Waals surface area contributed by atoms with Crippen molar-refractivity contribution >= 4 is 0 Å². The summed E-state index contributed by atoms with van der Waals surface area (Å²) in [6.07, 6.45) is 1.03. The molecule has 118 valence electrons. The number of ether oxygens (including phenoxy) is 2. The smallest absolute Gasteiger partial charge is 0.160 e. The van der Waals surface area contributed by atoms with E-state index in [9.17, 15) is 0 Å². The molecule has 21 heavy (non-hydrogen) atoms. The summed E-state index contributed by atoms with van der Waals surface area (Å²) in [5.41, 5.74) is 3.36. The first kappa shape index (κ1) is 16.3. The molecular weight excluding hydrogens is 266 g/mol. The van der Waals surface area contributed by atoms with Gasteiger partial charge in [0, 0.05) is 17.9 Å². The minimum Gasteiger partial charge on any atom is -0.376 e. The fourth-order valence-electron chi connectivity index (χ4n) is 2.84. The quantitative estimate of drug-likeness (QED) is 0.816. The van der Waals surface area contributed by atoms with E-state index in [-0.39, 0.29) is 6.10 Å². The maximum absolute atomic E-state index is 5.69. The third kappa shape index (κ3) is 4.22. The molecule has 1 aliphatic rings. The van der Waals surface area contributed by atoms with Gasteiger partial charge in [0.25, 0.3) is 0 Å². The molecule has 1 N–H and O–H groups in total. The molecular formula is C16H27N3O2. The summed E-state index contributed by atoms with van der Waals surface area (Å²) in [6, 6.07) is 0. The third-order valence-corrected chi connectivity index (χ3v) is 3.82. The minimum absolute atomic E-state index is 0.126. The summed E-state index contributed by atoms with van der Waals surface area (Å²) in [6.45, 7) is 12.4. The molecule has 1 aromatic heterocycles. The van der Waals surface area contributed by atoms with Crippen molar-refractivity contribution < 1.29 is 9.47 Å². The van der Waals surface area contributed by atoms with E-state index in [1.807, 2.05) is 0 Å². The van der Waals surface area contributed by atoms with Gasteiger partial charge < -0.3 is 14.8 Å². The molecule has 2 heterocycles. The van der Waals surface area contributed by atoms with E-state index >= 15 is 0 Å². The number of hydrogen-bond acceptors (Lipinski definition) is 5. The molecule has 1 fully saturated rings. The van der Waals surface area contributed by atoms with E-state index in [2.05, 4.69) is 43.0 Å². The largest absolute Gasteiger partial charge is 0.376 e. The van der Waals surface area contributed by atoms with Gasteiger partial charge in [0.2, 0.25) is 0 Å². The van der Waals surface area contributed by atoms with Crippen molar-refractivity contribution in [1.29, 1.82) is 0 Å². The highest BCUT2D eigenvalue weighted by atomic mass is 16.6. The normalized spacial score (nSPS) is 20.5. The number of aryl methyl sites for hydroxylation is 2. The lowest BCUT2D eigenvalue weighted by Gasteiger charge is -2.24. The van der Waals surface area contributed by atoms with Gasteiger partial charge in [-0.05, 0) is 38.3 Å². The summed E-state index contributed by atoms with van der Waals surface area (Å²) in [7, 11) is 0. The molecule has 0 amide bonds. The molecule has 1 aromatic rings. The third-order valence-electron chi connectivity index (χ3n) is 3.82. The minimum atomic E-state index is -0.126. The number of hydrogen-bond donors (Lipinski definition) is 1. The highest BCUT2D eigenvalue weighted by molar-refractivity contribution is 5.28. The van der Waals surface area contributed by atoms with Crippen molar-refractivity contribution in [3.63, 3.8) is 0 Å². The highest BCUT2D eigenvalue weighted by Crippen LogP contribution is 2.24. The molecule has 5 nitrogen and oxygen atoms in total. The van der Waals surface area contributed by atoms with Gasteiger partial charge in [0.15, 0.2) is 5.82 Å². The Balaban J connectivity index is 2.12. The van der Waals surface area contributed by atoms with Gasteiger partial charge in [-0.15, -0.1) is 0 Å². The number of aromatic nitrogens is 2. The van der Waals surface area contributed by atoms with Gasteiger partial charge in [-0.2, -0.15) is 0 Å². The molecule has 0 spiro atoms. The van der Waals surface area contributed by atoms with Crippen molar-refractivity contribution in [1.82, 2.24) is 15.3 Å². The van der Waals surface area contributed by atoms with Crippen molar-refractivity contribution in [2.75, 3.05) is 32.9 Å². The van der Waals surface area contributed by atoms with Gasteiger partial charge in [-0.3, -0.25) is 0 Å². The lowest BCUT2D eigenvalue weighted by molar-refractivity contribution is -0.0936.